The number of ether oxygens (including phenoxy) is 1. The number of nitrogens with zero attached hydrogens (tertiary/aromatic N) is 4. The van der Waals surface area contributed by atoms with Gasteiger partial charge in [0.15, 0.2) is 0 Å². The van der Waals surface area contributed by atoms with E-state index in [4.69, 9.17) is 16.3 Å². The fourth-order valence-electron chi connectivity index (χ4n) is 3.37. The summed E-state index contributed by atoms with van der Waals surface area (Å²) in [4.78, 5) is 20.8. The molecule has 12 heteroatoms. The van der Waals surface area contributed by atoms with E-state index in [1.807, 2.05) is 0 Å². The molecule has 36 heavy (non-hydrogen) atoms. The summed E-state index contributed by atoms with van der Waals surface area (Å²) < 4.78 is 75.0. The molecule has 0 saturated heterocycles. The second-order valence-electron chi connectivity index (χ2n) is 7.33. The first-order valence-electron chi connectivity index (χ1n) is 10.0. The largest absolute Gasteiger partial charge is 0.423 e. The van der Waals surface area contributed by atoms with Gasteiger partial charge in [0.05, 0.1) is 22.8 Å². The summed E-state index contributed by atoms with van der Waals surface area (Å²) in [5.74, 6) is -1.82. The lowest BCUT2D eigenvalue weighted by Gasteiger charge is -2.18. The van der Waals surface area contributed by atoms with Gasteiger partial charge in [-0.1, -0.05) is 17.7 Å². The molecule has 2 aromatic carbocycles. The van der Waals surface area contributed by atoms with Crippen molar-refractivity contribution in [3.05, 3.63) is 105 Å². The lowest BCUT2D eigenvalue weighted by atomic mass is 10.0. The summed E-state index contributed by atoms with van der Waals surface area (Å²) >= 11 is 6.27. The molecule has 0 saturated carbocycles. The van der Waals surface area contributed by atoms with Crippen molar-refractivity contribution in [3.63, 3.8) is 0 Å². The number of alkyl halides is 3. The Morgan fingerprint density at radius 3 is 2.39 bits per heavy atom. The number of hydrogen-bond donors (Lipinski definition) is 0. The number of halogens is 6. The zero-order chi connectivity index (χ0) is 26.0. The third-order valence-electron chi connectivity index (χ3n) is 5.03. The third kappa shape index (κ3) is 5.04. The third-order valence-corrected chi connectivity index (χ3v) is 5.33. The number of hydrogen-bond acceptors (Lipinski definition) is 5. The minimum Gasteiger partial charge on any atom is -0.423 e. The summed E-state index contributed by atoms with van der Waals surface area (Å²) in [5.41, 5.74) is -4.39. The van der Waals surface area contributed by atoms with Crippen molar-refractivity contribution in [1.29, 1.82) is 5.26 Å². The maximum atomic E-state index is 14.3. The number of nitriles is 1. The molecule has 0 amide bonds. The lowest BCUT2D eigenvalue weighted by Crippen LogP contribution is -2.29. The zero-order valence-corrected chi connectivity index (χ0v) is 18.6. The first-order valence-corrected chi connectivity index (χ1v) is 10.4. The van der Waals surface area contributed by atoms with Crippen molar-refractivity contribution in [1.82, 2.24) is 14.5 Å². The Morgan fingerprint density at radius 2 is 1.78 bits per heavy atom. The summed E-state index contributed by atoms with van der Waals surface area (Å²) in [7, 11) is 0. The topological polar surface area (TPSA) is 80.8 Å². The fourth-order valence-corrected chi connectivity index (χ4v) is 3.59. The number of pyridine rings is 1. The van der Waals surface area contributed by atoms with Crippen LogP contribution in [0, 0.1) is 23.0 Å². The van der Waals surface area contributed by atoms with E-state index in [2.05, 4.69) is 9.97 Å². The van der Waals surface area contributed by atoms with Crippen LogP contribution in [-0.4, -0.2) is 14.5 Å². The van der Waals surface area contributed by atoms with Crippen LogP contribution in [0.4, 0.5) is 22.0 Å². The van der Waals surface area contributed by atoms with Gasteiger partial charge in [0.1, 0.15) is 29.0 Å². The molecule has 2 aromatic heterocycles. The van der Waals surface area contributed by atoms with E-state index in [-0.39, 0.29) is 33.6 Å². The molecule has 0 aliphatic rings. The Morgan fingerprint density at radius 1 is 1.06 bits per heavy atom. The van der Waals surface area contributed by atoms with Crippen molar-refractivity contribution < 1.29 is 26.7 Å². The van der Waals surface area contributed by atoms with E-state index in [0.29, 0.717) is 12.1 Å². The van der Waals surface area contributed by atoms with Gasteiger partial charge in [0.25, 0.3) is 5.56 Å². The molecule has 0 aliphatic heterocycles. The smallest absolute Gasteiger partial charge is 0.417 e. The second kappa shape index (κ2) is 9.75. The van der Waals surface area contributed by atoms with Crippen LogP contribution in [0.15, 0.2) is 65.7 Å². The van der Waals surface area contributed by atoms with E-state index in [0.717, 1.165) is 16.7 Å². The minimum absolute atomic E-state index is 0.0337. The van der Waals surface area contributed by atoms with E-state index < -0.39 is 41.0 Å². The Kier molecular flexibility index (Phi) is 6.72. The van der Waals surface area contributed by atoms with Crippen molar-refractivity contribution in [2.75, 3.05) is 0 Å². The molecule has 4 rings (SSSR count). The van der Waals surface area contributed by atoms with Crippen molar-refractivity contribution >= 4 is 11.6 Å². The zero-order valence-electron chi connectivity index (χ0n) is 17.9. The van der Waals surface area contributed by atoms with Gasteiger partial charge in [-0.2, -0.15) is 18.4 Å². The molecule has 0 bridgehead atoms. The molecular formula is C24H12ClF5N4O2. The van der Waals surface area contributed by atoms with Gasteiger partial charge in [-0.05, 0) is 36.4 Å². The van der Waals surface area contributed by atoms with Gasteiger partial charge in [-0.25, -0.2) is 18.7 Å². The Balaban J connectivity index is 1.89. The number of aromatic nitrogens is 3. The van der Waals surface area contributed by atoms with E-state index >= 15 is 0 Å². The molecule has 2 heterocycles. The summed E-state index contributed by atoms with van der Waals surface area (Å²) in [5, 5.41) is 9.24. The van der Waals surface area contributed by atoms with Gasteiger partial charge in [0.2, 0.25) is 0 Å². The number of rotatable bonds is 5. The highest BCUT2D eigenvalue weighted by molar-refractivity contribution is 6.32. The monoisotopic (exact) mass is 518 g/mol. The molecule has 6 nitrogen and oxygen atoms in total. The van der Waals surface area contributed by atoms with E-state index in [1.54, 1.807) is 6.07 Å². The fraction of sp³-hybridized carbons (Fsp3) is 0.0833. The van der Waals surface area contributed by atoms with Crippen LogP contribution < -0.4 is 10.3 Å². The van der Waals surface area contributed by atoms with Crippen LogP contribution in [0.1, 0.15) is 16.7 Å². The molecule has 0 spiro atoms. The summed E-state index contributed by atoms with van der Waals surface area (Å²) in [6, 6.07) is 9.85. The maximum absolute atomic E-state index is 14.3. The average molecular weight is 519 g/mol. The quantitative estimate of drug-likeness (QED) is 0.304. The van der Waals surface area contributed by atoms with Crippen LogP contribution in [-0.2, 0) is 12.7 Å². The Labute approximate surface area is 204 Å². The predicted octanol–water partition coefficient (Wildman–Crippen LogP) is 5.97. The normalized spacial score (nSPS) is 11.2. The number of benzene rings is 2. The molecule has 0 radical (unpaired) electrons. The van der Waals surface area contributed by atoms with Crippen LogP contribution in [0.2, 0.25) is 5.02 Å². The summed E-state index contributed by atoms with van der Waals surface area (Å²) in [6.45, 7) is -0.583. The Bertz CT molecular complexity index is 1550. The van der Waals surface area contributed by atoms with Crippen LogP contribution in [0.3, 0.4) is 0 Å². The SMILES string of the molecule is N#Cc1c(C(F)(F)F)cc(-c2ccc(Oc3ncccn3)c(Cl)c2)n(Cc2ccc(F)cc2F)c1=O. The predicted molar refractivity (Wildman–Crippen MR) is 118 cm³/mol. The molecule has 0 aliphatic carbocycles. The second-order valence-corrected chi connectivity index (χ2v) is 7.74. The highest BCUT2D eigenvalue weighted by Crippen LogP contribution is 2.36. The minimum atomic E-state index is -5.03. The molecule has 182 valence electrons. The van der Waals surface area contributed by atoms with Crippen LogP contribution in [0.5, 0.6) is 11.8 Å². The van der Waals surface area contributed by atoms with Gasteiger partial charge < -0.3 is 9.30 Å². The highest BCUT2D eigenvalue weighted by Gasteiger charge is 2.36. The first kappa shape index (κ1) is 24.8. The Hall–Kier alpha value is -4.30. The maximum Gasteiger partial charge on any atom is 0.417 e. The standard InChI is InChI=1S/C24H12ClF5N4O2/c25-18-8-13(3-5-21(18)36-23-32-6-1-7-33-23)20-10-17(24(28,29)30)16(11-31)22(35)34(20)12-14-2-4-15(26)9-19(14)27/h1-10H,12H2. The molecule has 0 unspecified atom stereocenters. The molecule has 0 N–H and O–H groups in total. The molecule has 0 atom stereocenters. The first-order chi connectivity index (χ1) is 17.1. The lowest BCUT2D eigenvalue weighted by molar-refractivity contribution is -0.137. The summed E-state index contributed by atoms with van der Waals surface area (Å²) in [6.07, 6.45) is -2.18. The molecule has 4 aromatic rings. The van der Waals surface area contributed by atoms with Crippen molar-refractivity contribution in [2.24, 2.45) is 0 Å². The average Bonchev–Trinajstić information content (AvgIpc) is 2.83. The van der Waals surface area contributed by atoms with Crippen LogP contribution >= 0.6 is 11.6 Å². The van der Waals surface area contributed by atoms with Gasteiger partial charge >= 0.3 is 12.2 Å². The van der Waals surface area contributed by atoms with Crippen LogP contribution in [0.25, 0.3) is 11.3 Å². The van der Waals surface area contributed by atoms with E-state index in [1.165, 1.54) is 36.7 Å². The van der Waals surface area contributed by atoms with Crippen molar-refractivity contribution in [3.8, 4) is 29.1 Å². The van der Waals surface area contributed by atoms with Gasteiger partial charge in [-0.3, -0.25) is 4.79 Å². The van der Waals surface area contributed by atoms with Gasteiger partial charge in [-0.15, -0.1) is 0 Å². The highest BCUT2D eigenvalue weighted by atomic mass is 35.5. The van der Waals surface area contributed by atoms with E-state index in [9.17, 15) is 32.0 Å². The van der Waals surface area contributed by atoms with Crippen molar-refractivity contribution in [2.45, 2.75) is 12.7 Å². The van der Waals surface area contributed by atoms with Gasteiger partial charge in [0, 0.05) is 29.6 Å². The molecular weight excluding hydrogens is 507 g/mol. The molecule has 0 fully saturated rings.